The van der Waals surface area contributed by atoms with Crippen molar-refractivity contribution in [1.29, 1.82) is 0 Å². The van der Waals surface area contributed by atoms with Crippen LogP contribution in [0.1, 0.15) is 19.4 Å². The van der Waals surface area contributed by atoms with Gasteiger partial charge in [-0.1, -0.05) is 12.1 Å². The highest BCUT2D eigenvalue weighted by Gasteiger charge is 2.31. The Bertz CT molecular complexity index is 391. The first-order valence-electron chi connectivity index (χ1n) is 6.34. The Labute approximate surface area is 108 Å². The first-order chi connectivity index (χ1) is 8.50. The lowest BCUT2D eigenvalue weighted by molar-refractivity contribution is 0.0513. The van der Waals surface area contributed by atoms with Gasteiger partial charge in [-0.05, 0) is 31.5 Å². The van der Waals surface area contributed by atoms with Crippen molar-refractivity contribution >= 4 is 0 Å². The third kappa shape index (κ3) is 3.28. The summed E-state index contributed by atoms with van der Waals surface area (Å²) in [6, 6.07) is 6.70. The molecule has 0 saturated carbocycles. The Morgan fingerprint density at radius 2 is 2.06 bits per heavy atom. The van der Waals surface area contributed by atoms with Crippen LogP contribution >= 0.6 is 0 Å². The number of nitrogens with zero attached hydrogens (tertiary/aromatic N) is 1. The van der Waals surface area contributed by atoms with E-state index in [9.17, 15) is 9.50 Å². The van der Waals surface area contributed by atoms with Crippen LogP contribution in [-0.4, -0.2) is 41.3 Å². The van der Waals surface area contributed by atoms with Gasteiger partial charge < -0.3 is 10.4 Å². The van der Waals surface area contributed by atoms with Crippen LogP contribution < -0.4 is 5.32 Å². The maximum atomic E-state index is 12.9. The van der Waals surface area contributed by atoms with Crippen molar-refractivity contribution in [2.75, 3.05) is 19.7 Å². The van der Waals surface area contributed by atoms with Crippen LogP contribution in [0, 0.1) is 5.82 Å². The highest BCUT2D eigenvalue weighted by atomic mass is 19.1. The Balaban J connectivity index is 2.07. The number of piperazine rings is 1. The molecule has 0 aromatic heterocycles. The summed E-state index contributed by atoms with van der Waals surface area (Å²) in [6.45, 7) is 6.84. The lowest BCUT2D eigenvalue weighted by Gasteiger charge is -2.44. The molecule has 0 spiro atoms. The minimum absolute atomic E-state index is 0.0473. The van der Waals surface area contributed by atoms with Gasteiger partial charge >= 0.3 is 0 Å². The van der Waals surface area contributed by atoms with Gasteiger partial charge in [0.05, 0.1) is 6.61 Å². The predicted molar refractivity (Wildman–Crippen MR) is 69.8 cm³/mol. The van der Waals surface area contributed by atoms with E-state index in [2.05, 4.69) is 24.1 Å². The molecule has 2 rings (SSSR count). The molecule has 2 N–H and O–H groups in total. The third-order valence-corrected chi connectivity index (χ3v) is 3.44. The highest BCUT2D eigenvalue weighted by Crippen LogP contribution is 2.18. The molecule has 1 aromatic rings. The standard InChI is InChI=1S/C14H21FN2O/c1-14(2)10-17(13(9-18)7-16-14)8-11-3-5-12(15)6-4-11/h3-6,13,16,18H,7-10H2,1-2H3. The Morgan fingerprint density at radius 1 is 1.39 bits per heavy atom. The van der Waals surface area contributed by atoms with E-state index in [0.29, 0.717) is 0 Å². The first kappa shape index (κ1) is 13.5. The fourth-order valence-electron chi connectivity index (χ4n) is 2.41. The van der Waals surface area contributed by atoms with Crippen molar-refractivity contribution in [1.82, 2.24) is 10.2 Å². The van der Waals surface area contributed by atoms with E-state index in [-0.39, 0.29) is 24.0 Å². The molecule has 0 bridgehead atoms. The van der Waals surface area contributed by atoms with E-state index < -0.39 is 0 Å². The molecular weight excluding hydrogens is 231 g/mol. The van der Waals surface area contributed by atoms with Crippen LogP contribution in [0.2, 0.25) is 0 Å². The predicted octanol–water partition coefficient (Wildman–Crippen LogP) is 1.37. The maximum absolute atomic E-state index is 12.9. The second-order valence-electron chi connectivity index (χ2n) is 5.63. The number of aliphatic hydroxyl groups excluding tert-OH is 1. The van der Waals surface area contributed by atoms with E-state index in [0.717, 1.165) is 25.2 Å². The minimum Gasteiger partial charge on any atom is -0.395 e. The lowest BCUT2D eigenvalue weighted by Crippen LogP contribution is -2.62. The van der Waals surface area contributed by atoms with Crippen molar-refractivity contribution < 1.29 is 9.50 Å². The summed E-state index contributed by atoms with van der Waals surface area (Å²) in [5, 5.41) is 12.8. The van der Waals surface area contributed by atoms with Crippen molar-refractivity contribution in [2.24, 2.45) is 0 Å². The van der Waals surface area contributed by atoms with E-state index in [1.807, 2.05) is 0 Å². The van der Waals surface area contributed by atoms with Gasteiger partial charge in [0.1, 0.15) is 5.82 Å². The second kappa shape index (κ2) is 5.34. The van der Waals surface area contributed by atoms with Gasteiger partial charge in [0.15, 0.2) is 0 Å². The summed E-state index contributed by atoms with van der Waals surface area (Å²) in [5.41, 5.74) is 1.12. The molecule has 0 amide bonds. The zero-order valence-corrected chi connectivity index (χ0v) is 11.0. The summed E-state index contributed by atoms with van der Waals surface area (Å²) in [7, 11) is 0. The fourth-order valence-corrected chi connectivity index (χ4v) is 2.41. The van der Waals surface area contributed by atoms with Crippen LogP contribution in [0.15, 0.2) is 24.3 Å². The van der Waals surface area contributed by atoms with Gasteiger partial charge in [0.2, 0.25) is 0 Å². The van der Waals surface area contributed by atoms with Crippen molar-refractivity contribution in [3.8, 4) is 0 Å². The topological polar surface area (TPSA) is 35.5 Å². The van der Waals surface area contributed by atoms with Crippen LogP contribution in [0.5, 0.6) is 0 Å². The molecule has 4 heteroatoms. The summed E-state index contributed by atoms with van der Waals surface area (Å²) in [4.78, 5) is 2.25. The molecule has 1 atom stereocenters. The molecule has 1 aromatic carbocycles. The fraction of sp³-hybridized carbons (Fsp3) is 0.571. The molecular formula is C14H21FN2O. The number of benzene rings is 1. The smallest absolute Gasteiger partial charge is 0.123 e. The average Bonchev–Trinajstić information content (AvgIpc) is 2.31. The largest absolute Gasteiger partial charge is 0.395 e. The SMILES string of the molecule is CC1(C)CN(Cc2ccc(F)cc2)C(CO)CN1. The van der Waals surface area contributed by atoms with Crippen LogP contribution in [-0.2, 0) is 6.54 Å². The number of halogens is 1. The van der Waals surface area contributed by atoms with Crippen LogP contribution in [0.25, 0.3) is 0 Å². The molecule has 18 heavy (non-hydrogen) atoms. The lowest BCUT2D eigenvalue weighted by atomic mass is 9.98. The van der Waals surface area contributed by atoms with Crippen molar-refractivity contribution in [2.45, 2.75) is 32.0 Å². The number of nitrogens with one attached hydrogen (secondary N) is 1. The Morgan fingerprint density at radius 3 is 2.67 bits per heavy atom. The molecule has 100 valence electrons. The zero-order valence-electron chi connectivity index (χ0n) is 11.0. The first-order valence-corrected chi connectivity index (χ1v) is 6.34. The van der Waals surface area contributed by atoms with Crippen molar-refractivity contribution in [3.63, 3.8) is 0 Å². The summed E-state index contributed by atoms with van der Waals surface area (Å²) in [5.74, 6) is -0.210. The molecule has 3 nitrogen and oxygen atoms in total. The summed E-state index contributed by atoms with van der Waals surface area (Å²) < 4.78 is 12.9. The number of hydrogen-bond acceptors (Lipinski definition) is 3. The van der Waals surface area contributed by atoms with Gasteiger partial charge in [-0.15, -0.1) is 0 Å². The van der Waals surface area contributed by atoms with Gasteiger partial charge in [-0.25, -0.2) is 4.39 Å². The normalized spacial score (nSPS) is 24.1. The van der Waals surface area contributed by atoms with Gasteiger partial charge in [-0.3, -0.25) is 4.90 Å². The van der Waals surface area contributed by atoms with Crippen LogP contribution in [0.3, 0.4) is 0 Å². The van der Waals surface area contributed by atoms with Crippen molar-refractivity contribution in [3.05, 3.63) is 35.6 Å². The van der Waals surface area contributed by atoms with E-state index >= 15 is 0 Å². The molecule has 1 heterocycles. The molecule has 1 aliphatic heterocycles. The number of hydrogen-bond donors (Lipinski definition) is 2. The van der Waals surface area contributed by atoms with E-state index in [1.165, 1.54) is 12.1 Å². The number of aliphatic hydroxyl groups is 1. The van der Waals surface area contributed by atoms with E-state index in [4.69, 9.17) is 0 Å². The minimum atomic E-state index is -0.210. The molecule has 0 aliphatic carbocycles. The highest BCUT2D eigenvalue weighted by molar-refractivity contribution is 5.16. The summed E-state index contributed by atoms with van der Waals surface area (Å²) in [6.07, 6.45) is 0. The summed E-state index contributed by atoms with van der Waals surface area (Å²) >= 11 is 0. The second-order valence-corrected chi connectivity index (χ2v) is 5.63. The molecule has 1 fully saturated rings. The third-order valence-electron chi connectivity index (χ3n) is 3.44. The zero-order chi connectivity index (χ0) is 13.2. The van der Waals surface area contributed by atoms with Gasteiger partial charge in [0.25, 0.3) is 0 Å². The number of rotatable bonds is 3. The monoisotopic (exact) mass is 252 g/mol. The van der Waals surface area contributed by atoms with Crippen LogP contribution in [0.4, 0.5) is 4.39 Å². The Hall–Kier alpha value is -0.970. The molecule has 1 aliphatic rings. The molecule has 0 radical (unpaired) electrons. The maximum Gasteiger partial charge on any atom is 0.123 e. The average molecular weight is 252 g/mol. The molecule has 1 saturated heterocycles. The van der Waals surface area contributed by atoms with E-state index in [1.54, 1.807) is 12.1 Å². The quantitative estimate of drug-likeness (QED) is 0.853. The Kier molecular flexibility index (Phi) is 4.00. The molecule has 1 unspecified atom stereocenters. The van der Waals surface area contributed by atoms with Gasteiger partial charge in [-0.2, -0.15) is 0 Å². The van der Waals surface area contributed by atoms with Gasteiger partial charge in [0, 0.05) is 31.2 Å².